The van der Waals surface area contributed by atoms with Crippen LogP contribution in [-0.2, 0) is 10.0 Å². The lowest BCUT2D eigenvalue weighted by Gasteiger charge is -2.29. The lowest BCUT2D eigenvalue weighted by molar-refractivity contribution is 0.294. The van der Waals surface area contributed by atoms with Gasteiger partial charge < -0.3 is 5.73 Å². The highest BCUT2D eigenvalue weighted by atomic mass is 35.5. The lowest BCUT2D eigenvalue weighted by atomic mass is 9.84. The molecule has 6 heteroatoms. The molecule has 21 heavy (non-hydrogen) atoms. The van der Waals surface area contributed by atoms with E-state index in [0.29, 0.717) is 17.4 Å². The Kier molecular flexibility index (Phi) is 7.13. The van der Waals surface area contributed by atoms with Crippen LogP contribution in [0.1, 0.15) is 37.7 Å². The van der Waals surface area contributed by atoms with E-state index in [1.165, 1.54) is 19.3 Å². The molecule has 1 atom stereocenters. The molecule has 1 aliphatic rings. The second-order valence-electron chi connectivity index (χ2n) is 5.67. The van der Waals surface area contributed by atoms with E-state index in [1.807, 2.05) is 19.1 Å². The van der Waals surface area contributed by atoms with Gasteiger partial charge in [0.05, 0.1) is 4.90 Å². The first-order valence-corrected chi connectivity index (χ1v) is 8.80. The van der Waals surface area contributed by atoms with Crippen LogP contribution in [0, 0.1) is 12.8 Å². The zero-order chi connectivity index (χ0) is 14.6. The number of benzene rings is 1. The number of nitrogens with one attached hydrogen (secondary N) is 1. The minimum absolute atomic E-state index is 0. The molecule has 0 radical (unpaired) electrons. The van der Waals surface area contributed by atoms with E-state index >= 15 is 0 Å². The summed E-state index contributed by atoms with van der Waals surface area (Å²) in [7, 11) is -3.47. The van der Waals surface area contributed by atoms with Gasteiger partial charge in [0, 0.05) is 12.6 Å². The number of halogens is 1. The number of rotatable bonds is 5. The van der Waals surface area contributed by atoms with Crippen LogP contribution in [0.4, 0.5) is 0 Å². The first kappa shape index (κ1) is 18.4. The van der Waals surface area contributed by atoms with Crippen LogP contribution < -0.4 is 10.5 Å². The highest BCUT2D eigenvalue weighted by Gasteiger charge is 2.27. The first-order chi connectivity index (χ1) is 9.53. The molecule has 1 aliphatic carbocycles. The third kappa shape index (κ3) is 4.95. The Hall–Kier alpha value is -0.620. The van der Waals surface area contributed by atoms with Gasteiger partial charge in [-0.05, 0) is 37.8 Å². The largest absolute Gasteiger partial charge is 0.329 e. The maximum Gasteiger partial charge on any atom is 0.240 e. The van der Waals surface area contributed by atoms with E-state index in [0.717, 1.165) is 18.4 Å². The summed E-state index contributed by atoms with van der Waals surface area (Å²) in [5, 5.41) is 0. The molecule has 0 amide bonds. The van der Waals surface area contributed by atoms with Crippen molar-refractivity contribution in [2.24, 2.45) is 11.7 Å². The summed E-state index contributed by atoms with van der Waals surface area (Å²) < 4.78 is 27.6. The third-order valence-electron chi connectivity index (χ3n) is 4.11. The summed E-state index contributed by atoms with van der Waals surface area (Å²) >= 11 is 0. The molecule has 0 aliphatic heterocycles. The van der Waals surface area contributed by atoms with Gasteiger partial charge in [0.1, 0.15) is 0 Å². The van der Waals surface area contributed by atoms with E-state index in [2.05, 4.69) is 4.72 Å². The molecule has 0 heterocycles. The van der Waals surface area contributed by atoms with E-state index in [9.17, 15) is 8.42 Å². The van der Waals surface area contributed by atoms with Crippen LogP contribution >= 0.6 is 12.4 Å². The van der Waals surface area contributed by atoms with Crippen LogP contribution in [0.15, 0.2) is 29.2 Å². The molecule has 2 rings (SSSR count). The summed E-state index contributed by atoms with van der Waals surface area (Å²) in [6, 6.07) is 6.76. The molecule has 1 fully saturated rings. The molecule has 1 saturated carbocycles. The van der Waals surface area contributed by atoms with Crippen LogP contribution in [-0.4, -0.2) is 21.0 Å². The van der Waals surface area contributed by atoms with Crippen molar-refractivity contribution in [1.29, 1.82) is 0 Å². The topological polar surface area (TPSA) is 72.2 Å². The Bertz CT molecular complexity index is 525. The van der Waals surface area contributed by atoms with Crippen molar-refractivity contribution in [3.05, 3.63) is 29.8 Å². The van der Waals surface area contributed by atoms with Crippen molar-refractivity contribution >= 4 is 22.4 Å². The van der Waals surface area contributed by atoms with Gasteiger partial charge in [-0.25, -0.2) is 13.1 Å². The monoisotopic (exact) mass is 332 g/mol. The molecule has 3 N–H and O–H groups in total. The van der Waals surface area contributed by atoms with Gasteiger partial charge in [-0.2, -0.15) is 0 Å². The second kappa shape index (κ2) is 8.13. The quantitative estimate of drug-likeness (QED) is 0.870. The minimum Gasteiger partial charge on any atom is -0.329 e. The van der Waals surface area contributed by atoms with Gasteiger partial charge in [-0.1, -0.05) is 37.0 Å². The van der Waals surface area contributed by atoms with Crippen molar-refractivity contribution in [1.82, 2.24) is 4.72 Å². The molecule has 120 valence electrons. The molecule has 1 aromatic carbocycles. The summed E-state index contributed by atoms with van der Waals surface area (Å²) in [5.74, 6) is 0.369. The molecule has 0 saturated heterocycles. The smallest absolute Gasteiger partial charge is 0.240 e. The minimum atomic E-state index is -3.47. The fraction of sp³-hybridized carbons (Fsp3) is 0.600. The molecule has 1 aromatic rings. The molecule has 1 unspecified atom stereocenters. The average Bonchev–Trinajstić information content (AvgIpc) is 2.46. The first-order valence-electron chi connectivity index (χ1n) is 7.32. The van der Waals surface area contributed by atoms with E-state index in [-0.39, 0.29) is 18.4 Å². The van der Waals surface area contributed by atoms with Gasteiger partial charge in [-0.15, -0.1) is 12.4 Å². The molecular formula is C15H25ClN2O2S. The standard InChI is InChI=1S/C15H24N2O2S.ClH/c1-12-7-9-14(10-8-12)20(18,19)17-15(11-16)13-5-3-2-4-6-13;/h7-10,13,15,17H,2-6,11,16H2,1H3;1H. The predicted octanol–water partition coefficient (Wildman–Crippen LogP) is 2.60. The third-order valence-corrected chi connectivity index (χ3v) is 5.62. The molecule has 0 spiro atoms. The maximum atomic E-state index is 12.4. The summed E-state index contributed by atoms with van der Waals surface area (Å²) in [6.45, 7) is 2.30. The van der Waals surface area contributed by atoms with Gasteiger partial charge in [0.2, 0.25) is 10.0 Å². The zero-order valence-electron chi connectivity index (χ0n) is 12.4. The predicted molar refractivity (Wildman–Crippen MR) is 88.2 cm³/mol. The van der Waals surface area contributed by atoms with Crippen LogP contribution in [0.2, 0.25) is 0 Å². The number of aryl methyl sites for hydroxylation is 1. The maximum absolute atomic E-state index is 12.4. The Morgan fingerprint density at radius 1 is 1.19 bits per heavy atom. The molecule has 0 aromatic heterocycles. The average molecular weight is 333 g/mol. The Morgan fingerprint density at radius 2 is 1.76 bits per heavy atom. The van der Waals surface area contributed by atoms with Crippen molar-refractivity contribution in [3.63, 3.8) is 0 Å². The normalized spacial score (nSPS) is 18.0. The number of hydrogen-bond donors (Lipinski definition) is 2. The van der Waals surface area contributed by atoms with Gasteiger partial charge >= 0.3 is 0 Å². The SMILES string of the molecule is Cc1ccc(S(=O)(=O)NC(CN)C2CCCCC2)cc1.Cl. The fourth-order valence-electron chi connectivity index (χ4n) is 2.86. The van der Waals surface area contributed by atoms with Crippen LogP contribution in [0.3, 0.4) is 0 Å². The summed E-state index contributed by atoms with van der Waals surface area (Å²) in [6.07, 6.45) is 5.73. The van der Waals surface area contributed by atoms with Crippen LogP contribution in [0.25, 0.3) is 0 Å². The Labute approximate surface area is 134 Å². The molecular weight excluding hydrogens is 308 g/mol. The number of sulfonamides is 1. The second-order valence-corrected chi connectivity index (χ2v) is 7.39. The van der Waals surface area contributed by atoms with Crippen molar-refractivity contribution in [2.45, 2.75) is 50.0 Å². The van der Waals surface area contributed by atoms with Gasteiger partial charge in [-0.3, -0.25) is 0 Å². The van der Waals surface area contributed by atoms with E-state index < -0.39 is 10.0 Å². The molecule has 4 nitrogen and oxygen atoms in total. The van der Waals surface area contributed by atoms with Gasteiger partial charge in [0.25, 0.3) is 0 Å². The van der Waals surface area contributed by atoms with E-state index in [4.69, 9.17) is 5.73 Å². The number of hydrogen-bond acceptors (Lipinski definition) is 3. The van der Waals surface area contributed by atoms with E-state index in [1.54, 1.807) is 12.1 Å². The van der Waals surface area contributed by atoms with Crippen molar-refractivity contribution in [3.8, 4) is 0 Å². The highest BCUT2D eigenvalue weighted by molar-refractivity contribution is 7.89. The highest BCUT2D eigenvalue weighted by Crippen LogP contribution is 2.27. The summed E-state index contributed by atoms with van der Waals surface area (Å²) in [5.41, 5.74) is 6.83. The Morgan fingerprint density at radius 3 is 2.29 bits per heavy atom. The lowest BCUT2D eigenvalue weighted by Crippen LogP contribution is -2.45. The van der Waals surface area contributed by atoms with Gasteiger partial charge in [0.15, 0.2) is 0 Å². The zero-order valence-corrected chi connectivity index (χ0v) is 14.1. The van der Waals surface area contributed by atoms with Crippen molar-refractivity contribution in [2.75, 3.05) is 6.54 Å². The van der Waals surface area contributed by atoms with Crippen molar-refractivity contribution < 1.29 is 8.42 Å². The fourth-order valence-corrected chi connectivity index (χ4v) is 4.18. The Balaban J connectivity index is 0.00000220. The summed E-state index contributed by atoms with van der Waals surface area (Å²) in [4.78, 5) is 0.317. The molecule has 0 bridgehead atoms. The number of nitrogens with two attached hydrogens (primary N) is 1. The van der Waals surface area contributed by atoms with Crippen LogP contribution in [0.5, 0.6) is 0 Å².